The van der Waals surface area contributed by atoms with E-state index < -0.39 is 0 Å². The van der Waals surface area contributed by atoms with Crippen molar-refractivity contribution >= 4 is 27.4 Å². The van der Waals surface area contributed by atoms with Gasteiger partial charge in [0.2, 0.25) is 0 Å². The van der Waals surface area contributed by atoms with Crippen LogP contribution in [0.15, 0.2) is 34.9 Å². The van der Waals surface area contributed by atoms with Crippen LogP contribution in [-0.4, -0.2) is 29.1 Å². The Morgan fingerprint density at radius 2 is 2.12 bits per heavy atom. The topological polar surface area (TPSA) is 64.8 Å². The second-order valence-electron chi connectivity index (χ2n) is 6.42. The van der Waals surface area contributed by atoms with E-state index in [1.165, 1.54) is 12.8 Å². The lowest BCUT2D eigenvalue weighted by molar-refractivity contribution is 0.793. The summed E-state index contributed by atoms with van der Waals surface area (Å²) in [4.78, 5) is 11.3. The molecular formula is C18H18BrN5. The maximum atomic E-state index is 9.33. The highest BCUT2D eigenvalue weighted by Crippen LogP contribution is 2.38. The molecule has 1 saturated carbocycles. The SMILES string of the molecule is N#Cc1ccc(Br)cc1N1CCC(Nc2ccnc(C3CC3)n2)C1. The Balaban J connectivity index is 1.46. The van der Waals surface area contributed by atoms with Crippen LogP contribution >= 0.6 is 15.9 Å². The Kier molecular flexibility index (Phi) is 4.11. The zero-order chi connectivity index (χ0) is 16.5. The minimum absolute atomic E-state index is 0.331. The van der Waals surface area contributed by atoms with Gasteiger partial charge in [0.15, 0.2) is 0 Å². The molecule has 0 radical (unpaired) electrons. The summed E-state index contributed by atoms with van der Waals surface area (Å²) in [5.74, 6) is 2.44. The fourth-order valence-electron chi connectivity index (χ4n) is 3.16. The van der Waals surface area contributed by atoms with Crippen molar-refractivity contribution in [2.45, 2.75) is 31.2 Å². The van der Waals surface area contributed by atoms with E-state index in [1.807, 2.05) is 30.5 Å². The minimum atomic E-state index is 0.331. The van der Waals surface area contributed by atoms with E-state index in [4.69, 9.17) is 0 Å². The first-order chi connectivity index (χ1) is 11.7. The quantitative estimate of drug-likeness (QED) is 0.871. The Hall–Kier alpha value is -2.13. The largest absolute Gasteiger partial charge is 0.368 e. The highest BCUT2D eigenvalue weighted by molar-refractivity contribution is 9.10. The fourth-order valence-corrected chi connectivity index (χ4v) is 3.51. The smallest absolute Gasteiger partial charge is 0.133 e. The van der Waals surface area contributed by atoms with Gasteiger partial charge in [-0.2, -0.15) is 5.26 Å². The molecule has 1 aliphatic carbocycles. The molecule has 0 amide bonds. The molecule has 5 nitrogen and oxygen atoms in total. The van der Waals surface area contributed by atoms with E-state index in [-0.39, 0.29) is 0 Å². The van der Waals surface area contributed by atoms with Crippen molar-refractivity contribution in [2.24, 2.45) is 0 Å². The molecule has 0 spiro atoms. The Labute approximate surface area is 149 Å². The second kappa shape index (κ2) is 6.40. The minimum Gasteiger partial charge on any atom is -0.368 e. The molecule has 1 N–H and O–H groups in total. The van der Waals surface area contributed by atoms with Gasteiger partial charge in [-0.15, -0.1) is 0 Å². The van der Waals surface area contributed by atoms with E-state index in [0.717, 1.165) is 46.9 Å². The Bertz CT molecular complexity index is 796. The molecule has 1 aliphatic heterocycles. The summed E-state index contributed by atoms with van der Waals surface area (Å²) < 4.78 is 0.998. The molecule has 1 aromatic heterocycles. The maximum absolute atomic E-state index is 9.33. The summed E-state index contributed by atoms with van der Waals surface area (Å²) in [7, 11) is 0. The summed E-state index contributed by atoms with van der Waals surface area (Å²) in [5, 5.41) is 12.9. The lowest BCUT2D eigenvalue weighted by Crippen LogP contribution is -2.27. The van der Waals surface area contributed by atoms with Crippen molar-refractivity contribution in [3.63, 3.8) is 0 Å². The number of rotatable bonds is 4. The van der Waals surface area contributed by atoms with E-state index in [2.05, 4.69) is 42.2 Å². The third-order valence-electron chi connectivity index (χ3n) is 4.58. The zero-order valence-electron chi connectivity index (χ0n) is 13.2. The van der Waals surface area contributed by atoms with E-state index in [9.17, 15) is 5.26 Å². The summed E-state index contributed by atoms with van der Waals surface area (Å²) in [5.41, 5.74) is 1.72. The highest BCUT2D eigenvalue weighted by atomic mass is 79.9. The van der Waals surface area contributed by atoms with Gasteiger partial charge in [0.25, 0.3) is 0 Å². The lowest BCUT2D eigenvalue weighted by Gasteiger charge is -2.20. The second-order valence-corrected chi connectivity index (χ2v) is 7.34. The summed E-state index contributed by atoms with van der Waals surface area (Å²) >= 11 is 3.50. The number of aromatic nitrogens is 2. The van der Waals surface area contributed by atoms with Crippen LogP contribution in [0.5, 0.6) is 0 Å². The van der Waals surface area contributed by atoms with Crippen molar-refractivity contribution in [2.75, 3.05) is 23.3 Å². The number of nitrogens with one attached hydrogen (secondary N) is 1. The van der Waals surface area contributed by atoms with Crippen LogP contribution in [0.3, 0.4) is 0 Å². The monoisotopic (exact) mass is 383 g/mol. The fraction of sp³-hybridized carbons (Fsp3) is 0.389. The molecule has 1 atom stereocenters. The number of nitrogens with zero attached hydrogens (tertiary/aromatic N) is 4. The van der Waals surface area contributed by atoms with E-state index in [1.54, 1.807) is 0 Å². The maximum Gasteiger partial charge on any atom is 0.133 e. The molecule has 2 aromatic rings. The van der Waals surface area contributed by atoms with Gasteiger partial charge in [-0.1, -0.05) is 15.9 Å². The van der Waals surface area contributed by atoms with Crippen molar-refractivity contribution in [3.8, 4) is 6.07 Å². The third-order valence-corrected chi connectivity index (χ3v) is 5.07. The third kappa shape index (κ3) is 3.22. The van der Waals surface area contributed by atoms with Gasteiger partial charge in [-0.25, -0.2) is 9.97 Å². The molecule has 2 heterocycles. The van der Waals surface area contributed by atoms with Crippen molar-refractivity contribution in [1.82, 2.24) is 9.97 Å². The van der Waals surface area contributed by atoms with Gasteiger partial charge in [-0.05, 0) is 43.5 Å². The molecule has 1 saturated heterocycles. The van der Waals surface area contributed by atoms with E-state index in [0.29, 0.717) is 12.0 Å². The molecule has 1 aromatic carbocycles. The molecule has 0 bridgehead atoms. The predicted molar refractivity (Wildman–Crippen MR) is 97.1 cm³/mol. The Morgan fingerprint density at radius 1 is 1.25 bits per heavy atom. The molecule has 2 fully saturated rings. The van der Waals surface area contributed by atoms with Gasteiger partial charge < -0.3 is 10.2 Å². The Morgan fingerprint density at radius 3 is 2.92 bits per heavy atom. The zero-order valence-corrected chi connectivity index (χ0v) is 14.8. The average molecular weight is 384 g/mol. The number of hydrogen-bond acceptors (Lipinski definition) is 5. The van der Waals surface area contributed by atoms with Crippen LogP contribution in [0.25, 0.3) is 0 Å². The van der Waals surface area contributed by atoms with Crippen LogP contribution in [0.4, 0.5) is 11.5 Å². The summed E-state index contributed by atoms with van der Waals surface area (Å²) in [6, 6.07) is 10.4. The van der Waals surface area contributed by atoms with E-state index >= 15 is 0 Å². The normalized spacial score (nSPS) is 20.0. The van der Waals surface area contributed by atoms with Gasteiger partial charge >= 0.3 is 0 Å². The summed E-state index contributed by atoms with van der Waals surface area (Å²) in [6.07, 6.45) is 5.29. The van der Waals surface area contributed by atoms with Gasteiger partial charge in [-0.3, -0.25) is 0 Å². The molecule has 122 valence electrons. The number of benzene rings is 1. The van der Waals surface area contributed by atoms with Crippen molar-refractivity contribution < 1.29 is 0 Å². The lowest BCUT2D eigenvalue weighted by atomic mass is 10.2. The number of hydrogen-bond donors (Lipinski definition) is 1. The van der Waals surface area contributed by atoms with Crippen molar-refractivity contribution in [1.29, 1.82) is 5.26 Å². The van der Waals surface area contributed by atoms with Crippen LogP contribution in [0, 0.1) is 11.3 Å². The highest BCUT2D eigenvalue weighted by Gasteiger charge is 2.28. The number of halogens is 1. The first-order valence-electron chi connectivity index (χ1n) is 8.27. The molecule has 4 rings (SSSR count). The average Bonchev–Trinajstić information content (AvgIpc) is 3.35. The first kappa shape index (κ1) is 15.4. The van der Waals surface area contributed by atoms with Gasteiger partial charge in [0.05, 0.1) is 11.3 Å². The van der Waals surface area contributed by atoms with Crippen LogP contribution in [0.2, 0.25) is 0 Å². The van der Waals surface area contributed by atoms with Crippen molar-refractivity contribution in [3.05, 3.63) is 46.3 Å². The van der Waals surface area contributed by atoms with Gasteiger partial charge in [0.1, 0.15) is 17.7 Å². The number of anilines is 2. The molecule has 6 heteroatoms. The predicted octanol–water partition coefficient (Wildman–Crippen LogP) is 3.68. The van der Waals surface area contributed by atoms with Crippen LogP contribution in [0.1, 0.15) is 36.6 Å². The molecule has 2 aliphatic rings. The number of nitriles is 1. The standard InChI is InChI=1S/C18H18BrN5/c19-14-4-3-13(10-20)16(9-14)24-8-6-15(11-24)22-17-5-7-21-18(23-17)12-1-2-12/h3-5,7,9,12,15H,1-2,6,8,11H2,(H,21,22,23). The van der Waals surface area contributed by atoms with Gasteiger partial charge in [0, 0.05) is 35.7 Å². The summed E-state index contributed by atoms with van der Waals surface area (Å²) in [6.45, 7) is 1.80. The van der Waals surface area contributed by atoms with Crippen LogP contribution < -0.4 is 10.2 Å². The van der Waals surface area contributed by atoms with Crippen LogP contribution in [-0.2, 0) is 0 Å². The molecular weight excluding hydrogens is 366 g/mol. The first-order valence-corrected chi connectivity index (χ1v) is 9.06. The molecule has 1 unspecified atom stereocenters. The molecule has 24 heavy (non-hydrogen) atoms.